The number of nitrogens with one attached hydrogen (secondary N) is 1. The summed E-state index contributed by atoms with van der Waals surface area (Å²) in [4.78, 5) is 24.6. The van der Waals surface area contributed by atoms with Gasteiger partial charge in [0.1, 0.15) is 0 Å². The van der Waals surface area contributed by atoms with Crippen molar-refractivity contribution < 1.29 is 13.6 Å². The molecule has 0 aliphatic heterocycles. The van der Waals surface area contributed by atoms with E-state index in [0.29, 0.717) is 17.8 Å². The van der Waals surface area contributed by atoms with Crippen molar-refractivity contribution in [1.82, 2.24) is 24.9 Å². The minimum atomic E-state index is -0.989. The van der Waals surface area contributed by atoms with E-state index in [-0.39, 0.29) is 36.4 Å². The maximum Gasteiger partial charge on any atom is 0.266 e. The molecule has 9 heteroatoms. The Morgan fingerprint density at radius 3 is 2.63 bits per heavy atom. The first kappa shape index (κ1) is 21.4. The Balaban J connectivity index is 1.73. The summed E-state index contributed by atoms with van der Waals surface area (Å²) in [6, 6.07) is 7.67. The predicted molar refractivity (Wildman–Crippen MR) is 107 cm³/mol. The Morgan fingerprint density at radius 1 is 1.17 bits per heavy atom. The molecule has 158 valence electrons. The molecule has 0 aliphatic rings. The summed E-state index contributed by atoms with van der Waals surface area (Å²) in [6.45, 7) is 4.47. The normalized spacial score (nSPS) is 12.2. The molecular weight excluding hydrogens is 392 g/mol. The summed E-state index contributed by atoms with van der Waals surface area (Å²) < 4.78 is 29.6. The second-order valence-electron chi connectivity index (χ2n) is 7.30. The third-order valence-corrected chi connectivity index (χ3v) is 4.73. The molecule has 0 radical (unpaired) electrons. The molecule has 2 heterocycles. The highest BCUT2D eigenvalue weighted by Crippen LogP contribution is 2.18. The van der Waals surface area contributed by atoms with Crippen molar-refractivity contribution >= 4 is 5.91 Å². The molecule has 7 nitrogen and oxygen atoms in total. The Kier molecular flexibility index (Phi) is 6.71. The average molecular weight is 415 g/mol. The second kappa shape index (κ2) is 9.43. The first-order valence-electron chi connectivity index (χ1n) is 9.64. The maximum absolute atomic E-state index is 13.6. The van der Waals surface area contributed by atoms with E-state index in [1.54, 1.807) is 23.1 Å². The number of halogens is 2. The molecule has 1 aromatic carbocycles. The van der Waals surface area contributed by atoms with Crippen LogP contribution in [0.4, 0.5) is 8.78 Å². The van der Waals surface area contributed by atoms with Crippen LogP contribution >= 0.6 is 0 Å². The fraction of sp³-hybridized carbons (Fsp3) is 0.333. The number of hydrogen-bond donors (Lipinski definition) is 1. The van der Waals surface area contributed by atoms with Crippen LogP contribution in [0.5, 0.6) is 0 Å². The predicted octanol–water partition coefficient (Wildman–Crippen LogP) is 2.62. The number of amides is 1. The lowest BCUT2D eigenvalue weighted by Gasteiger charge is -2.23. The van der Waals surface area contributed by atoms with Crippen LogP contribution in [0.25, 0.3) is 11.3 Å². The minimum Gasteiger partial charge on any atom is -0.351 e. The molecule has 1 N–H and O–H groups in total. The molecule has 0 unspecified atom stereocenters. The minimum absolute atomic E-state index is 0.0410. The highest BCUT2D eigenvalue weighted by Gasteiger charge is 2.18. The SMILES string of the molecule is CC(C)[C@@H](Cn1nc(-c2ccc(F)c(F)c2)ccc1=O)NC(=O)CCn1cccn1. The zero-order valence-electron chi connectivity index (χ0n) is 16.8. The zero-order valence-corrected chi connectivity index (χ0v) is 16.8. The Hall–Kier alpha value is -3.36. The summed E-state index contributed by atoms with van der Waals surface area (Å²) in [5.41, 5.74) is 0.339. The van der Waals surface area contributed by atoms with Gasteiger partial charge in [-0.05, 0) is 36.2 Å². The van der Waals surface area contributed by atoms with Gasteiger partial charge in [0.25, 0.3) is 5.56 Å². The van der Waals surface area contributed by atoms with Gasteiger partial charge in [0, 0.05) is 37.0 Å². The highest BCUT2D eigenvalue weighted by molar-refractivity contribution is 5.76. The third-order valence-electron chi connectivity index (χ3n) is 4.73. The van der Waals surface area contributed by atoms with Crippen LogP contribution in [0, 0.1) is 17.6 Å². The van der Waals surface area contributed by atoms with E-state index in [1.807, 2.05) is 13.8 Å². The number of aromatic nitrogens is 4. The van der Waals surface area contributed by atoms with Crippen LogP contribution in [0.2, 0.25) is 0 Å². The van der Waals surface area contributed by atoms with Crippen molar-refractivity contribution in [2.45, 2.75) is 39.4 Å². The lowest BCUT2D eigenvalue weighted by Crippen LogP contribution is -2.44. The average Bonchev–Trinajstić information content (AvgIpc) is 3.23. The quantitative estimate of drug-likeness (QED) is 0.613. The summed E-state index contributed by atoms with van der Waals surface area (Å²) in [7, 11) is 0. The molecule has 0 saturated heterocycles. The van der Waals surface area contributed by atoms with Gasteiger partial charge in [0.15, 0.2) is 11.6 Å². The standard InChI is InChI=1S/C21H23F2N5O2/c1-14(2)19(25-20(29)8-11-27-10-3-9-24-27)13-28-21(30)7-6-18(26-28)15-4-5-16(22)17(23)12-15/h3-7,9-10,12,14,19H,8,11,13H2,1-2H3,(H,25,29)/t19-/m1/s1. The van der Waals surface area contributed by atoms with Gasteiger partial charge in [-0.1, -0.05) is 13.8 Å². The first-order chi connectivity index (χ1) is 14.3. The van der Waals surface area contributed by atoms with Crippen LogP contribution in [-0.4, -0.2) is 31.5 Å². The van der Waals surface area contributed by atoms with Crippen molar-refractivity contribution in [3.8, 4) is 11.3 Å². The highest BCUT2D eigenvalue weighted by atomic mass is 19.2. The van der Waals surface area contributed by atoms with Crippen LogP contribution in [0.1, 0.15) is 20.3 Å². The van der Waals surface area contributed by atoms with Crippen LogP contribution in [0.3, 0.4) is 0 Å². The number of aryl methyl sites for hydroxylation is 1. The molecule has 1 amide bonds. The number of hydrogen-bond acceptors (Lipinski definition) is 4. The third kappa shape index (κ3) is 5.37. The van der Waals surface area contributed by atoms with Crippen LogP contribution < -0.4 is 10.9 Å². The summed E-state index contributed by atoms with van der Waals surface area (Å²) >= 11 is 0. The van der Waals surface area contributed by atoms with Gasteiger partial charge in [0.05, 0.1) is 18.3 Å². The van der Waals surface area contributed by atoms with Gasteiger partial charge in [-0.3, -0.25) is 14.3 Å². The van der Waals surface area contributed by atoms with Crippen LogP contribution in [0.15, 0.2) is 53.6 Å². The summed E-state index contributed by atoms with van der Waals surface area (Å²) in [5, 5.41) is 11.3. The monoisotopic (exact) mass is 415 g/mol. The smallest absolute Gasteiger partial charge is 0.266 e. The Labute approximate surface area is 172 Å². The number of nitrogens with zero attached hydrogens (tertiary/aromatic N) is 4. The largest absolute Gasteiger partial charge is 0.351 e. The lowest BCUT2D eigenvalue weighted by molar-refractivity contribution is -0.122. The van der Waals surface area contributed by atoms with Gasteiger partial charge >= 0.3 is 0 Å². The van der Waals surface area contributed by atoms with Crippen molar-refractivity contribution in [3.05, 3.63) is 70.8 Å². The summed E-state index contributed by atoms with van der Waals surface area (Å²) in [5.74, 6) is -2.06. The van der Waals surface area contributed by atoms with E-state index in [2.05, 4.69) is 15.5 Å². The van der Waals surface area contributed by atoms with Gasteiger partial charge in [-0.2, -0.15) is 10.2 Å². The van der Waals surface area contributed by atoms with Gasteiger partial charge in [0.2, 0.25) is 5.91 Å². The van der Waals surface area contributed by atoms with E-state index in [1.165, 1.54) is 22.9 Å². The second-order valence-corrected chi connectivity index (χ2v) is 7.30. The Bertz CT molecular complexity index is 1060. The van der Waals surface area contributed by atoms with E-state index in [9.17, 15) is 18.4 Å². The van der Waals surface area contributed by atoms with E-state index in [0.717, 1.165) is 12.1 Å². The molecule has 3 rings (SSSR count). The molecule has 0 spiro atoms. The molecule has 0 fully saturated rings. The molecule has 0 bridgehead atoms. The fourth-order valence-corrected chi connectivity index (χ4v) is 2.93. The van der Waals surface area contributed by atoms with Crippen molar-refractivity contribution in [2.75, 3.05) is 0 Å². The molecule has 0 aliphatic carbocycles. The summed E-state index contributed by atoms with van der Waals surface area (Å²) in [6.07, 6.45) is 3.68. The number of rotatable bonds is 8. The van der Waals surface area contributed by atoms with E-state index < -0.39 is 11.6 Å². The number of carbonyl (C=O) groups is 1. The van der Waals surface area contributed by atoms with Crippen molar-refractivity contribution in [3.63, 3.8) is 0 Å². The first-order valence-corrected chi connectivity index (χ1v) is 9.64. The topological polar surface area (TPSA) is 81.8 Å². The lowest BCUT2D eigenvalue weighted by atomic mass is 10.0. The van der Waals surface area contributed by atoms with Gasteiger partial charge < -0.3 is 5.32 Å². The molecule has 2 aromatic heterocycles. The Morgan fingerprint density at radius 2 is 1.97 bits per heavy atom. The fourth-order valence-electron chi connectivity index (χ4n) is 2.93. The van der Waals surface area contributed by atoms with E-state index in [4.69, 9.17) is 0 Å². The number of carbonyl (C=O) groups excluding carboxylic acids is 1. The van der Waals surface area contributed by atoms with Crippen LogP contribution in [-0.2, 0) is 17.9 Å². The van der Waals surface area contributed by atoms with Crippen molar-refractivity contribution in [1.29, 1.82) is 0 Å². The molecule has 0 saturated carbocycles. The molecule has 1 atom stereocenters. The molecule has 30 heavy (non-hydrogen) atoms. The van der Waals surface area contributed by atoms with E-state index >= 15 is 0 Å². The maximum atomic E-state index is 13.6. The zero-order chi connectivity index (χ0) is 21.7. The van der Waals surface area contributed by atoms with Gasteiger partial charge in [-0.15, -0.1) is 0 Å². The molecule has 3 aromatic rings. The molecular formula is C21H23F2N5O2. The van der Waals surface area contributed by atoms with Crippen molar-refractivity contribution in [2.24, 2.45) is 5.92 Å². The number of benzene rings is 1. The van der Waals surface area contributed by atoms with Gasteiger partial charge in [-0.25, -0.2) is 13.5 Å².